The first-order valence-electron chi connectivity index (χ1n) is 4.66. The van der Waals surface area contributed by atoms with Gasteiger partial charge in [0.05, 0.1) is 19.1 Å². The Bertz CT molecular complexity index is 342. The Hall–Kier alpha value is -1.69. The summed E-state index contributed by atoms with van der Waals surface area (Å²) in [5.41, 5.74) is 7.15. The molecule has 0 atom stereocenters. The molecular formula is C11H14N2O. The van der Waals surface area contributed by atoms with Crippen LogP contribution < -0.4 is 10.5 Å². The van der Waals surface area contributed by atoms with E-state index in [9.17, 15) is 0 Å². The molecule has 1 aromatic rings. The molecule has 14 heavy (non-hydrogen) atoms. The smallest absolute Gasteiger partial charge is 0.123 e. The summed E-state index contributed by atoms with van der Waals surface area (Å²) in [5, 5.41) is 8.61. The normalized spacial score (nSPS) is 9.43. The van der Waals surface area contributed by atoms with Crippen molar-refractivity contribution in [3.05, 3.63) is 23.8 Å². The quantitative estimate of drug-likeness (QED) is 0.740. The van der Waals surface area contributed by atoms with Gasteiger partial charge in [-0.3, -0.25) is 0 Å². The predicted octanol–water partition coefficient (Wildman–Crippen LogP) is 2.12. The van der Waals surface area contributed by atoms with Gasteiger partial charge >= 0.3 is 0 Å². The van der Waals surface area contributed by atoms with Crippen molar-refractivity contribution in [3.8, 4) is 11.8 Å². The number of anilines is 1. The van der Waals surface area contributed by atoms with Crippen molar-refractivity contribution >= 4 is 5.69 Å². The fourth-order valence-electron chi connectivity index (χ4n) is 1.18. The third-order valence-corrected chi connectivity index (χ3v) is 1.82. The number of nitrogens with two attached hydrogens (primary N) is 1. The van der Waals surface area contributed by atoms with E-state index in [0.29, 0.717) is 18.7 Å². The monoisotopic (exact) mass is 190 g/mol. The Morgan fingerprint density at radius 3 is 2.93 bits per heavy atom. The number of benzene rings is 1. The SMILES string of the molecule is CCCOc1ccc(N)cc1CC#N. The lowest BCUT2D eigenvalue weighted by Gasteiger charge is -2.09. The van der Waals surface area contributed by atoms with Crippen LogP contribution in [0.25, 0.3) is 0 Å². The third-order valence-electron chi connectivity index (χ3n) is 1.82. The summed E-state index contributed by atoms with van der Waals surface area (Å²) in [7, 11) is 0. The molecule has 74 valence electrons. The Labute approximate surface area is 84.1 Å². The first-order chi connectivity index (χ1) is 6.77. The van der Waals surface area contributed by atoms with Gasteiger partial charge < -0.3 is 10.5 Å². The maximum absolute atomic E-state index is 8.61. The average molecular weight is 190 g/mol. The molecule has 0 aromatic heterocycles. The van der Waals surface area contributed by atoms with Gasteiger partial charge in [0.15, 0.2) is 0 Å². The second kappa shape index (κ2) is 5.13. The largest absolute Gasteiger partial charge is 0.493 e. The zero-order valence-corrected chi connectivity index (χ0v) is 8.29. The van der Waals surface area contributed by atoms with E-state index in [1.807, 2.05) is 13.0 Å². The summed E-state index contributed by atoms with van der Waals surface area (Å²) in [6, 6.07) is 7.48. The standard InChI is InChI=1S/C11H14N2O/c1-2-7-14-11-4-3-10(13)8-9(11)5-6-12/h3-4,8H,2,5,7,13H2,1H3. The van der Waals surface area contributed by atoms with E-state index < -0.39 is 0 Å². The number of ether oxygens (including phenoxy) is 1. The minimum absolute atomic E-state index is 0.337. The fourth-order valence-corrected chi connectivity index (χ4v) is 1.18. The minimum atomic E-state index is 0.337. The number of hydrogen-bond donors (Lipinski definition) is 1. The maximum Gasteiger partial charge on any atom is 0.123 e. The predicted molar refractivity (Wildman–Crippen MR) is 56.0 cm³/mol. The summed E-state index contributed by atoms with van der Waals surface area (Å²) in [4.78, 5) is 0. The van der Waals surface area contributed by atoms with E-state index in [0.717, 1.165) is 17.7 Å². The van der Waals surface area contributed by atoms with Crippen LogP contribution >= 0.6 is 0 Å². The lowest BCUT2D eigenvalue weighted by atomic mass is 10.1. The minimum Gasteiger partial charge on any atom is -0.493 e. The van der Waals surface area contributed by atoms with Crippen LogP contribution in [0, 0.1) is 11.3 Å². The Kier molecular flexibility index (Phi) is 3.81. The van der Waals surface area contributed by atoms with E-state index in [-0.39, 0.29) is 0 Å². The molecule has 0 aliphatic carbocycles. The van der Waals surface area contributed by atoms with E-state index in [1.54, 1.807) is 12.1 Å². The molecule has 0 spiro atoms. The molecule has 0 saturated heterocycles. The summed E-state index contributed by atoms with van der Waals surface area (Å²) in [6.07, 6.45) is 1.29. The van der Waals surface area contributed by atoms with E-state index in [2.05, 4.69) is 6.07 Å². The van der Waals surface area contributed by atoms with Gasteiger partial charge in [-0.2, -0.15) is 5.26 Å². The maximum atomic E-state index is 8.61. The molecule has 1 rings (SSSR count). The van der Waals surface area contributed by atoms with Gasteiger partial charge in [-0.05, 0) is 24.6 Å². The lowest BCUT2D eigenvalue weighted by molar-refractivity contribution is 0.315. The second-order valence-corrected chi connectivity index (χ2v) is 3.05. The highest BCUT2D eigenvalue weighted by Crippen LogP contribution is 2.21. The van der Waals surface area contributed by atoms with Crippen molar-refractivity contribution < 1.29 is 4.74 Å². The molecule has 0 radical (unpaired) electrons. The number of rotatable bonds is 4. The Morgan fingerprint density at radius 2 is 2.29 bits per heavy atom. The molecule has 0 aliphatic heterocycles. The molecule has 0 amide bonds. The van der Waals surface area contributed by atoms with Gasteiger partial charge in [-0.1, -0.05) is 6.92 Å². The van der Waals surface area contributed by atoms with Crippen LogP contribution in [0.4, 0.5) is 5.69 Å². The first-order valence-corrected chi connectivity index (χ1v) is 4.66. The van der Waals surface area contributed by atoms with Gasteiger partial charge in [-0.25, -0.2) is 0 Å². The van der Waals surface area contributed by atoms with Crippen LogP contribution in [0.3, 0.4) is 0 Å². The second-order valence-electron chi connectivity index (χ2n) is 3.05. The summed E-state index contributed by atoms with van der Waals surface area (Å²) < 4.78 is 5.49. The molecule has 0 saturated carbocycles. The summed E-state index contributed by atoms with van der Waals surface area (Å²) in [5.74, 6) is 0.766. The zero-order chi connectivity index (χ0) is 10.4. The van der Waals surface area contributed by atoms with Crippen LogP contribution in [0.2, 0.25) is 0 Å². The first kappa shape index (κ1) is 10.4. The van der Waals surface area contributed by atoms with E-state index >= 15 is 0 Å². The number of hydrogen-bond acceptors (Lipinski definition) is 3. The summed E-state index contributed by atoms with van der Waals surface area (Å²) >= 11 is 0. The Balaban J connectivity index is 2.85. The lowest BCUT2D eigenvalue weighted by Crippen LogP contribution is -1.99. The highest BCUT2D eigenvalue weighted by Gasteiger charge is 2.03. The van der Waals surface area contributed by atoms with Crippen molar-refractivity contribution in [1.29, 1.82) is 5.26 Å². The van der Waals surface area contributed by atoms with Crippen molar-refractivity contribution in [2.24, 2.45) is 0 Å². The molecular weight excluding hydrogens is 176 g/mol. The van der Waals surface area contributed by atoms with E-state index in [1.165, 1.54) is 0 Å². The van der Waals surface area contributed by atoms with Crippen molar-refractivity contribution in [2.45, 2.75) is 19.8 Å². The number of nitriles is 1. The molecule has 0 unspecified atom stereocenters. The molecule has 0 heterocycles. The third kappa shape index (κ3) is 2.67. The van der Waals surface area contributed by atoms with Crippen LogP contribution in [0.1, 0.15) is 18.9 Å². The fraction of sp³-hybridized carbons (Fsp3) is 0.364. The number of nitrogen functional groups attached to an aromatic ring is 1. The molecule has 1 aromatic carbocycles. The van der Waals surface area contributed by atoms with Crippen molar-refractivity contribution in [3.63, 3.8) is 0 Å². The van der Waals surface area contributed by atoms with Gasteiger partial charge in [0.1, 0.15) is 5.75 Å². The van der Waals surface area contributed by atoms with Gasteiger partial charge in [0.2, 0.25) is 0 Å². The van der Waals surface area contributed by atoms with Crippen LogP contribution in [-0.4, -0.2) is 6.61 Å². The molecule has 0 aliphatic rings. The highest BCUT2D eigenvalue weighted by atomic mass is 16.5. The molecule has 0 fully saturated rings. The molecule has 2 N–H and O–H groups in total. The topological polar surface area (TPSA) is 59.0 Å². The molecule has 0 bridgehead atoms. The van der Waals surface area contributed by atoms with Crippen LogP contribution in [0.15, 0.2) is 18.2 Å². The highest BCUT2D eigenvalue weighted by molar-refractivity contribution is 5.48. The Morgan fingerprint density at radius 1 is 1.50 bits per heavy atom. The van der Waals surface area contributed by atoms with Crippen molar-refractivity contribution in [1.82, 2.24) is 0 Å². The molecule has 3 nitrogen and oxygen atoms in total. The van der Waals surface area contributed by atoms with Gasteiger partial charge in [-0.15, -0.1) is 0 Å². The zero-order valence-electron chi connectivity index (χ0n) is 8.29. The summed E-state index contributed by atoms with van der Waals surface area (Å²) in [6.45, 7) is 2.71. The molecule has 3 heteroatoms. The van der Waals surface area contributed by atoms with Gasteiger partial charge in [0.25, 0.3) is 0 Å². The average Bonchev–Trinajstić information content (AvgIpc) is 2.17. The number of nitrogens with zero attached hydrogens (tertiary/aromatic N) is 1. The van der Waals surface area contributed by atoms with Crippen molar-refractivity contribution in [2.75, 3.05) is 12.3 Å². The van der Waals surface area contributed by atoms with Gasteiger partial charge in [0, 0.05) is 11.3 Å². The van der Waals surface area contributed by atoms with E-state index in [4.69, 9.17) is 15.7 Å². The van der Waals surface area contributed by atoms with Crippen LogP contribution in [-0.2, 0) is 6.42 Å². The van der Waals surface area contributed by atoms with Crippen LogP contribution in [0.5, 0.6) is 5.75 Å².